The normalized spacial score (nSPS) is 10.5. The highest BCUT2D eigenvalue weighted by molar-refractivity contribution is 5.27. The van der Waals surface area contributed by atoms with E-state index in [9.17, 15) is 13.2 Å². The fourth-order valence-electron chi connectivity index (χ4n) is 1.34. The smallest absolute Gasteiger partial charge is 0.203 e. The lowest BCUT2D eigenvalue weighted by Gasteiger charge is -2.08. The third kappa shape index (κ3) is 3.43. The molecule has 1 aromatic carbocycles. The molecule has 0 fully saturated rings. The first-order chi connectivity index (χ1) is 7.66. The standard InChI is InChI=1S/C12H15F3O/c1-2-3-4-5-8-16-12-10(14)7-6-9(13)11(12)15/h6-7H,2-5,8H2,1H3. The Labute approximate surface area is 93.2 Å². The minimum absolute atomic E-state index is 0.206. The van der Waals surface area contributed by atoms with E-state index in [-0.39, 0.29) is 6.61 Å². The van der Waals surface area contributed by atoms with Gasteiger partial charge in [0, 0.05) is 0 Å². The van der Waals surface area contributed by atoms with E-state index in [0.717, 1.165) is 31.4 Å². The van der Waals surface area contributed by atoms with Crippen LogP contribution < -0.4 is 4.74 Å². The van der Waals surface area contributed by atoms with Crippen molar-refractivity contribution in [3.05, 3.63) is 29.6 Å². The summed E-state index contributed by atoms with van der Waals surface area (Å²) in [6.45, 7) is 2.27. The first-order valence-electron chi connectivity index (χ1n) is 5.43. The van der Waals surface area contributed by atoms with Gasteiger partial charge in [0.1, 0.15) is 0 Å². The zero-order chi connectivity index (χ0) is 12.0. The fourth-order valence-corrected chi connectivity index (χ4v) is 1.34. The maximum atomic E-state index is 13.1. The van der Waals surface area contributed by atoms with Crippen molar-refractivity contribution in [3.63, 3.8) is 0 Å². The molecule has 90 valence electrons. The van der Waals surface area contributed by atoms with Crippen molar-refractivity contribution in [1.82, 2.24) is 0 Å². The zero-order valence-corrected chi connectivity index (χ0v) is 9.23. The van der Waals surface area contributed by atoms with E-state index >= 15 is 0 Å². The minimum atomic E-state index is -1.25. The Morgan fingerprint density at radius 2 is 1.69 bits per heavy atom. The van der Waals surface area contributed by atoms with Gasteiger partial charge in [-0.3, -0.25) is 0 Å². The van der Waals surface area contributed by atoms with Gasteiger partial charge >= 0.3 is 0 Å². The van der Waals surface area contributed by atoms with Gasteiger partial charge in [0.25, 0.3) is 0 Å². The Balaban J connectivity index is 2.50. The Morgan fingerprint density at radius 1 is 1.00 bits per heavy atom. The summed E-state index contributed by atoms with van der Waals surface area (Å²) in [4.78, 5) is 0. The summed E-state index contributed by atoms with van der Waals surface area (Å²) >= 11 is 0. The predicted molar refractivity (Wildman–Crippen MR) is 56.0 cm³/mol. The molecule has 0 aliphatic heterocycles. The van der Waals surface area contributed by atoms with Crippen LogP contribution in [0.5, 0.6) is 5.75 Å². The van der Waals surface area contributed by atoms with Gasteiger partial charge in [-0.25, -0.2) is 8.78 Å². The summed E-state index contributed by atoms with van der Waals surface area (Å²) in [5, 5.41) is 0. The van der Waals surface area contributed by atoms with E-state index in [2.05, 4.69) is 6.92 Å². The predicted octanol–water partition coefficient (Wildman–Crippen LogP) is 4.06. The molecule has 1 nitrogen and oxygen atoms in total. The fraction of sp³-hybridized carbons (Fsp3) is 0.500. The maximum absolute atomic E-state index is 13.1. The van der Waals surface area contributed by atoms with Gasteiger partial charge < -0.3 is 4.74 Å². The van der Waals surface area contributed by atoms with Gasteiger partial charge in [0.2, 0.25) is 5.82 Å². The number of benzene rings is 1. The van der Waals surface area contributed by atoms with Crippen LogP contribution in [0.25, 0.3) is 0 Å². The van der Waals surface area contributed by atoms with Crippen LogP contribution in [0.4, 0.5) is 13.2 Å². The van der Waals surface area contributed by atoms with E-state index in [4.69, 9.17) is 4.74 Å². The second-order valence-electron chi connectivity index (χ2n) is 3.58. The number of ether oxygens (including phenoxy) is 1. The highest BCUT2D eigenvalue weighted by Gasteiger charge is 2.14. The number of halogens is 3. The van der Waals surface area contributed by atoms with Gasteiger partial charge in [-0.1, -0.05) is 26.2 Å². The van der Waals surface area contributed by atoms with Crippen molar-refractivity contribution in [3.8, 4) is 5.75 Å². The molecule has 0 bridgehead atoms. The van der Waals surface area contributed by atoms with E-state index < -0.39 is 23.2 Å². The van der Waals surface area contributed by atoms with Crippen molar-refractivity contribution in [2.45, 2.75) is 32.6 Å². The molecule has 0 aliphatic rings. The number of hydrogen-bond donors (Lipinski definition) is 0. The average molecular weight is 232 g/mol. The van der Waals surface area contributed by atoms with E-state index in [1.165, 1.54) is 0 Å². The highest BCUT2D eigenvalue weighted by Crippen LogP contribution is 2.23. The summed E-state index contributed by atoms with van der Waals surface area (Å²) in [5.41, 5.74) is 0. The molecule has 4 heteroatoms. The van der Waals surface area contributed by atoms with Crippen LogP contribution >= 0.6 is 0 Å². The SMILES string of the molecule is CCCCCCOc1c(F)ccc(F)c1F. The monoisotopic (exact) mass is 232 g/mol. The van der Waals surface area contributed by atoms with E-state index in [1.807, 2.05) is 0 Å². The van der Waals surface area contributed by atoms with Crippen LogP contribution in [0.3, 0.4) is 0 Å². The minimum Gasteiger partial charge on any atom is -0.488 e. The molecule has 0 N–H and O–H groups in total. The summed E-state index contributed by atoms with van der Waals surface area (Å²) in [6, 6.07) is 1.61. The molecule has 1 rings (SSSR count). The number of rotatable bonds is 6. The first-order valence-corrected chi connectivity index (χ1v) is 5.43. The molecule has 0 saturated carbocycles. The molecular weight excluding hydrogens is 217 g/mol. The molecule has 0 heterocycles. The second kappa shape index (κ2) is 6.40. The van der Waals surface area contributed by atoms with E-state index in [0.29, 0.717) is 6.42 Å². The topological polar surface area (TPSA) is 9.23 Å². The van der Waals surface area contributed by atoms with Gasteiger partial charge in [0.15, 0.2) is 17.4 Å². The molecule has 0 radical (unpaired) electrons. The summed E-state index contributed by atoms with van der Waals surface area (Å²) in [5.74, 6) is -3.83. The lowest BCUT2D eigenvalue weighted by atomic mass is 10.2. The van der Waals surface area contributed by atoms with Crippen molar-refractivity contribution in [2.24, 2.45) is 0 Å². The van der Waals surface area contributed by atoms with Crippen molar-refractivity contribution in [1.29, 1.82) is 0 Å². The Kier molecular flexibility index (Phi) is 5.15. The zero-order valence-electron chi connectivity index (χ0n) is 9.23. The quantitative estimate of drug-likeness (QED) is 0.530. The first kappa shape index (κ1) is 12.9. The summed E-state index contributed by atoms with van der Waals surface area (Å²) < 4.78 is 43.8. The second-order valence-corrected chi connectivity index (χ2v) is 3.58. The highest BCUT2D eigenvalue weighted by atomic mass is 19.2. The Morgan fingerprint density at radius 3 is 2.38 bits per heavy atom. The van der Waals surface area contributed by atoms with Gasteiger partial charge in [-0.15, -0.1) is 0 Å². The van der Waals surface area contributed by atoms with Crippen LogP contribution in [0.15, 0.2) is 12.1 Å². The molecule has 0 unspecified atom stereocenters. The van der Waals surface area contributed by atoms with Crippen LogP contribution in [-0.2, 0) is 0 Å². The van der Waals surface area contributed by atoms with Crippen molar-refractivity contribution in [2.75, 3.05) is 6.61 Å². The molecule has 1 aromatic rings. The molecule has 0 atom stereocenters. The molecule has 0 aromatic heterocycles. The third-order valence-electron chi connectivity index (χ3n) is 2.25. The van der Waals surface area contributed by atoms with Crippen LogP contribution in [0.2, 0.25) is 0 Å². The van der Waals surface area contributed by atoms with Gasteiger partial charge in [-0.05, 0) is 18.6 Å². The summed E-state index contributed by atoms with van der Waals surface area (Å²) in [7, 11) is 0. The van der Waals surface area contributed by atoms with Crippen LogP contribution in [0, 0.1) is 17.5 Å². The van der Waals surface area contributed by atoms with Crippen LogP contribution in [-0.4, -0.2) is 6.61 Å². The maximum Gasteiger partial charge on any atom is 0.203 e. The molecular formula is C12H15F3O. The van der Waals surface area contributed by atoms with Crippen molar-refractivity contribution < 1.29 is 17.9 Å². The molecule has 0 spiro atoms. The lowest BCUT2D eigenvalue weighted by molar-refractivity contribution is 0.270. The molecule has 16 heavy (non-hydrogen) atoms. The molecule has 0 amide bonds. The Hall–Kier alpha value is -1.19. The average Bonchev–Trinajstić information content (AvgIpc) is 2.28. The largest absolute Gasteiger partial charge is 0.488 e. The van der Waals surface area contributed by atoms with Crippen molar-refractivity contribution >= 4 is 0 Å². The summed E-state index contributed by atoms with van der Waals surface area (Å²) in [6.07, 6.45) is 3.78. The van der Waals surface area contributed by atoms with Crippen LogP contribution in [0.1, 0.15) is 32.6 Å². The van der Waals surface area contributed by atoms with Gasteiger partial charge in [0.05, 0.1) is 6.61 Å². The number of unbranched alkanes of at least 4 members (excludes halogenated alkanes) is 3. The lowest BCUT2D eigenvalue weighted by Crippen LogP contribution is -2.03. The third-order valence-corrected chi connectivity index (χ3v) is 2.25. The molecule has 0 aliphatic carbocycles. The molecule has 0 saturated heterocycles. The van der Waals surface area contributed by atoms with Gasteiger partial charge in [-0.2, -0.15) is 4.39 Å². The Bertz CT molecular complexity index is 339. The number of hydrogen-bond acceptors (Lipinski definition) is 1. The van der Waals surface area contributed by atoms with E-state index in [1.54, 1.807) is 0 Å².